The minimum Gasteiger partial charge on any atom is -0.479 e. The molecule has 16 atom stereocenters. The Morgan fingerprint density at radius 3 is 1.16 bits per heavy atom. The quantitative estimate of drug-likeness (QED) is 0.0145. The Kier molecular flexibility index (Phi) is 28.6. The van der Waals surface area contributed by atoms with Gasteiger partial charge in [0.05, 0.1) is 41.6 Å². The number of esters is 2. The summed E-state index contributed by atoms with van der Waals surface area (Å²) in [5.41, 5.74) is 23.5. The summed E-state index contributed by atoms with van der Waals surface area (Å²) in [6.07, 6.45) is 3.60. The van der Waals surface area contributed by atoms with Crippen LogP contribution in [0.25, 0.3) is 41.4 Å². The van der Waals surface area contributed by atoms with E-state index in [1.807, 2.05) is 70.2 Å². The van der Waals surface area contributed by atoms with Crippen molar-refractivity contribution in [1.82, 2.24) is 58.1 Å². The minimum atomic E-state index is -0.983. The van der Waals surface area contributed by atoms with E-state index in [2.05, 4.69) is 60.0 Å². The topological polar surface area (TPSA) is 514 Å². The van der Waals surface area contributed by atoms with E-state index >= 15 is 0 Å². The highest BCUT2D eigenvalue weighted by atomic mass is 32.1. The van der Waals surface area contributed by atoms with Crippen molar-refractivity contribution in [1.29, 1.82) is 0 Å². The van der Waals surface area contributed by atoms with Crippen LogP contribution in [0.1, 0.15) is 163 Å². The molecule has 12 heterocycles. The van der Waals surface area contributed by atoms with Crippen molar-refractivity contribution >= 4 is 140 Å². The summed E-state index contributed by atoms with van der Waals surface area (Å²) in [5.74, 6) is -1.27. The van der Waals surface area contributed by atoms with Crippen LogP contribution in [0, 0.1) is 17.8 Å². The number of H-pyrrole nitrogens is 4. The fraction of sp³-hybridized carbons (Fsp3) is 0.430. The molecule has 632 valence electrons. The zero-order chi connectivity index (χ0) is 85.2. The lowest BCUT2D eigenvalue weighted by atomic mass is 9.95. The number of benzene rings is 3. The number of thiocarbonyl (C=S) groups is 1. The molecule has 4 aliphatic rings. The lowest BCUT2D eigenvalue weighted by Gasteiger charge is -2.23. The first-order chi connectivity index (χ1) is 57.2. The van der Waals surface area contributed by atoms with Gasteiger partial charge in [0.25, 0.3) is 22.2 Å². The maximum Gasteiger partial charge on any atom is 0.338 e. The maximum absolute atomic E-state index is 13.1. The van der Waals surface area contributed by atoms with Crippen molar-refractivity contribution in [2.75, 3.05) is 22.9 Å². The number of nitrogens with two attached hydrogens (primary N) is 4. The third-order valence-electron chi connectivity index (χ3n) is 20.8. The van der Waals surface area contributed by atoms with Gasteiger partial charge in [-0.25, -0.2) is 9.59 Å². The van der Waals surface area contributed by atoms with Crippen molar-refractivity contribution < 1.29 is 53.0 Å². The normalized spacial score (nSPS) is 22.4. The molecule has 11 aromatic rings. The molecule has 119 heavy (non-hydrogen) atoms. The molecule has 0 aliphatic carbocycles. The number of rotatable bonds is 25. The largest absolute Gasteiger partial charge is 0.479 e. The van der Waals surface area contributed by atoms with E-state index in [1.54, 1.807) is 60.7 Å². The van der Waals surface area contributed by atoms with Gasteiger partial charge in [-0.05, 0) is 106 Å². The van der Waals surface area contributed by atoms with Gasteiger partial charge in [0.1, 0.15) is 61.9 Å². The van der Waals surface area contributed by atoms with Gasteiger partial charge in [-0.3, -0.25) is 76.6 Å². The average molecular weight is 1730 g/mol. The van der Waals surface area contributed by atoms with E-state index in [0.29, 0.717) is 80.4 Å². The number of ether oxygens (including phenoxy) is 7. The molecule has 0 radical (unpaired) electrons. The number of fused-ring (bicyclic) bond motifs is 4. The average Bonchev–Trinajstić information content (AvgIpc) is 1.63. The molecule has 4 aliphatic heterocycles. The van der Waals surface area contributed by atoms with Gasteiger partial charge in [0, 0.05) is 30.6 Å². The molecule has 0 spiro atoms. The zero-order valence-electron chi connectivity index (χ0n) is 65.4. The number of carbonyl (C=O) groups is 2. The van der Waals surface area contributed by atoms with Crippen molar-refractivity contribution in [3.8, 4) is 0 Å². The Morgan fingerprint density at radius 2 is 0.807 bits per heavy atom. The van der Waals surface area contributed by atoms with Gasteiger partial charge in [0.2, 0.25) is 23.8 Å². The number of anilines is 4. The number of allylic oxidation sites excluding steroid dienone is 2. The highest BCUT2D eigenvalue weighted by molar-refractivity contribution is 7.80. The Labute approximate surface area is 698 Å². The number of aromatic nitrogens is 12. The van der Waals surface area contributed by atoms with Gasteiger partial charge in [-0.1, -0.05) is 165 Å². The standard InChI is InChI=1S/C27H26N4O6S2.C22H24N4O5S.C15H22N4O4S.C15H20N4O4S/c1-2-17(37-25(33)16-11-7-4-8-12-16)18-14-19(35-20(38)13-15-9-5-3-6-10-15)24(36-18)31-22-21(39-27(31)34)23(32)30-26(28)29-22;1-3-8-13-11-15(14(4-2)31-20(28)12-9-6-5-7-10-12)30-19(13)26-17-16(32-22(26)29)18(27)25-21(23)24-17;2*1-3-5-7-6-9(8(20)4-2)23-13(7)19-11-10(24-15(19)22)12(21)18-14(16)17-11/h3-12,17-19,24H,2,13-14H2,1H3,(H3,28,29,30,32);3,5-7,9-10,13-15,19H,1,4,8,11H2,2H3,(H3,23,24,25,27);7-9,13,20H,3-6H2,1-2H3,(H3,16,17,18,21);3,7-9,13,20H,1,4-6H2,2H3,(H3,16,17,18,21)/t17?,18-,19+,24+;13-,14?,15+,19-;2*7-,8?,9+,13-/m0111/s1. The first-order valence-electron chi connectivity index (χ1n) is 38.8. The van der Waals surface area contributed by atoms with Crippen LogP contribution in [0.3, 0.4) is 0 Å². The second-order valence-electron chi connectivity index (χ2n) is 28.8. The number of aliphatic hydroxyl groups is 2. The van der Waals surface area contributed by atoms with Gasteiger partial charge in [-0.2, -0.15) is 19.9 Å². The fourth-order valence-corrected chi connectivity index (χ4v) is 18.8. The van der Waals surface area contributed by atoms with Crippen molar-refractivity contribution in [3.05, 3.63) is 213 Å². The van der Waals surface area contributed by atoms with E-state index < -0.39 is 107 Å². The molecule has 15 rings (SSSR count). The summed E-state index contributed by atoms with van der Waals surface area (Å²) in [5, 5.41) is 20.5. The summed E-state index contributed by atoms with van der Waals surface area (Å²) in [6.45, 7) is 17.2. The van der Waals surface area contributed by atoms with Gasteiger partial charge in [-0.15, -0.1) is 13.2 Å². The molecule has 0 bridgehead atoms. The summed E-state index contributed by atoms with van der Waals surface area (Å²) < 4.78 is 48.6. The van der Waals surface area contributed by atoms with Gasteiger partial charge in [0.15, 0.2) is 33.9 Å². The molecule has 3 aromatic carbocycles. The van der Waals surface area contributed by atoms with Crippen molar-refractivity contribution in [2.24, 2.45) is 17.8 Å². The first-order valence-corrected chi connectivity index (χ1v) is 42.4. The Bertz CT molecular complexity index is 5980. The highest BCUT2D eigenvalue weighted by Gasteiger charge is 2.47. The van der Waals surface area contributed by atoms with Gasteiger partial charge < -0.3 is 66.3 Å². The smallest absolute Gasteiger partial charge is 0.338 e. The van der Waals surface area contributed by atoms with E-state index in [4.69, 9.17) is 68.3 Å². The summed E-state index contributed by atoms with van der Waals surface area (Å²) >= 11 is 8.74. The van der Waals surface area contributed by atoms with E-state index in [1.165, 1.54) is 18.3 Å². The summed E-state index contributed by atoms with van der Waals surface area (Å²) in [4.78, 5) is 150. The zero-order valence-corrected chi connectivity index (χ0v) is 69.5. The molecule has 4 fully saturated rings. The number of nitrogens with one attached hydrogen (secondary N) is 4. The number of nitrogens with zero attached hydrogens (tertiary/aromatic N) is 8. The number of hydrogen-bond donors (Lipinski definition) is 10. The molecular weight excluding hydrogens is 1640 g/mol. The number of carbonyl (C=O) groups excluding carboxylic acids is 2. The Morgan fingerprint density at radius 1 is 0.487 bits per heavy atom. The molecule has 4 saturated heterocycles. The highest BCUT2D eigenvalue weighted by Crippen LogP contribution is 2.44. The number of aliphatic hydroxyl groups excluding tert-OH is 2. The molecule has 35 nitrogen and oxygen atoms in total. The molecule has 0 amide bonds. The molecular formula is C79H92N16O19S5. The lowest BCUT2D eigenvalue weighted by molar-refractivity contribution is -0.0800. The van der Waals surface area contributed by atoms with E-state index in [9.17, 15) is 58.2 Å². The predicted molar refractivity (Wildman–Crippen MR) is 457 cm³/mol. The third kappa shape index (κ3) is 19.6. The SMILES string of the molecule is C=CC[C@@H]1C[C@@H](C(CC)OC(=O)c2ccccc2)O[C@H]1n1c(=O)sc2c(=O)[nH]c(N)nc21.C=CC[C@@H]1C[C@@H](C(O)CC)O[C@H]1n1c(=O)sc2c(=O)[nH]c(N)nc21.CCC(OC(=O)c1ccccc1)[C@@H]1C[C@@H](OC(=S)Cc2ccccc2)[C@H](n2c(=O)sc3c(=O)[nH]c(N)nc32)O1.CCC[C@@H]1C[C@@H](C(O)CC)O[C@H]1n1c(=O)sc2c(=O)[nH]c(N)nc21. The van der Waals surface area contributed by atoms with Crippen LogP contribution >= 0.6 is 57.6 Å². The van der Waals surface area contributed by atoms with Crippen LogP contribution < -0.4 is 64.7 Å². The summed E-state index contributed by atoms with van der Waals surface area (Å²) in [6, 6.07) is 27.0. The molecule has 14 N–H and O–H groups in total. The van der Waals surface area contributed by atoms with Crippen LogP contribution in [0.4, 0.5) is 23.8 Å². The van der Waals surface area contributed by atoms with Crippen molar-refractivity contribution in [3.63, 3.8) is 0 Å². The summed E-state index contributed by atoms with van der Waals surface area (Å²) in [7, 11) is 0. The van der Waals surface area contributed by atoms with Crippen LogP contribution in [-0.4, -0.2) is 140 Å². The molecule has 0 saturated carbocycles. The van der Waals surface area contributed by atoms with Crippen LogP contribution in [0.2, 0.25) is 0 Å². The number of nitrogen functional groups attached to an aromatic ring is 4. The number of hydrogen-bond acceptors (Lipinski definition) is 32. The Hall–Kier alpha value is -10.8. The number of aromatic amines is 4. The lowest BCUT2D eigenvalue weighted by Crippen LogP contribution is -2.32. The molecule has 40 heteroatoms. The molecule has 8 aromatic heterocycles. The van der Waals surface area contributed by atoms with Crippen LogP contribution in [0.5, 0.6) is 0 Å². The van der Waals surface area contributed by atoms with E-state index in [-0.39, 0.29) is 116 Å². The second kappa shape index (κ2) is 38.9. The van der Waals surface area contributed by atoms with E-state index in [0.717, 1.165) is 63.8 Å². The second-order valence-corrected chi connectivity index (χ2v) is 33.1. The van der Waals surface area contributed by atoms with Crippen LogP contribution in [-0.2, 0) is 39.6 Å². The molecule has 4 unspecified atom stereocenters. The monoisotopic (exact) mass is 1730 g/mol. The van der Waals surface area contributed by atoms with Crippen molar-refractivity contribution in [2.45, 2.75) is 198 Å². The third-order valence-corrected chi connectivity index (χ3v) is 24.8. The minimum absolute atomic E-state index is 0.0331. The predicted octanol–water partition coefficient (Wildman–Crippen LogP) is 8.63. The maximum atomic E-state index is 13.1. The van der Waals surface area contributed by atoms with Crippen LogP contribution in [0.15, 0.2) is 155 Å². The Balaban J connectivity index is 0.000000149. The first kappa shape index (κ1) is 87.5. The fourth-order valence-electron chi connectivity index (χ4n) is 15.1. The van der Waals surface area contributed by atoms with Gasteiger partial charge >= 0.3 is 31.4 Å². The number of thiazole rings is 4.